The van der Waals surface area contributed by atoms with Crippen molar-refractivity contribution < 1.29 is 4.74 Å². The fourth-order valence-corrected chi connectivity index (χ4v) is 3.02. The second kappa shape index (κ2) is 6.50. The van der Waals surface area contributed by atoms with E-state index in [2.05, 4.69) is 35.3 Å². The smallest absolute Gasteiger partial charge is 0.0948 e. The maximum atomic E-state index is 6.02. The number of nitrogens with two attached hydrogens (primary N) is 1. The summed E-state index contributed by atoms with van der Waals surface area (Å²) < 4.78 is 7.89. The second-order valence-electron chi connectivity index (χ2n) is 5.36. The summed E-state index contributed by atoms with van der Waals surface area (Å²) in [6.45, 7) is 6.77. The lowest BCUT2D eigenvalue weighted by atomic mass is 10.1. The third-order valence-electron chi connectivity index (χ3n) is 4.12. The summed E-state index contributed by atoms with van der Waals surface area (Å²) in [6, 6.07) is 0.654. The van der Waals surface area contributed by atoms with E-state index in [-0.39, 0.29) is 12.1 Å². The summed E-state index contributed by atoms with van der Waals surface area (Å²) in [5, 5.41) is 0. The quantitative estimate of drug-likeness (QED) is 0.845. The number of rotatable bonds is 6. The molecule has 1 aromatic heterocycles. The number of aromatic nitrogens is 2. The van der Waals surface area contributed by atoms with E-state index in [1.54, 1.807) is 0 Å². The van der Waals surface area contributed by atoms with Gasteiger partial charge in [0, 0.05) is 31.9 Å². The molecule has 2 heterocycles. The molecule has 1 aliphatic heterocycles. The van der Waals surface area contributed by atoms with Crippen LogP contribution in [0.15, 0.2) is 12.5 Å². The molecule has 5 nitrogen and oxygen atoms in total. The predicted molar refractivity (Wildman–Crippen MR) is 75.9 cm³/mol. The van der Waals surface area contributed by atoms with Gasteiger partial charge in [-0.2, -0.15) is 0 Å². The Morgan fingerprint density at radius 2 is 2.42 bits per heavy atom. The third-order valence-corrected chi connectivity index (χ3v) is 4.12. The summed E-state index contributed by atoms with van der Waals surface area (Å²) in [5.41, 5.74) is 7.23. The van der Waals surface area contributed by atoms with E-state index in [4.69, 9.17) is 10.5 Å². The Bertz CT molecular complexity index is 393. The van der Waals surface area contributed by atoms with Gasteiger partial charge in [0.1, 0.15) is 0 Å². The zero-order valence-electron chi connectivity index (χ0n) is 12.2. The summed E-state index contributed by atoms with van der Waals surface area (Å²) >= 11 is 0. The number of aryl methyl sites for hydroxylation is 1. The van der Waals surface area contributed by atoms with Crippen LogP contribution in [0.3, 0.4) is 0 Å². The number of hydrogen-bond acceptors (Lipinski definition) is 4. The van der Waals surface area contributed by atoms with Crippen LogP contribution in [0.4, 0.5) is 0 Å². The lowest BCUT2D eigenvalue weighted by molar-refractivity contribution is 0.0671. The average Bonchev–Trinajstić information content (AvgIpc) is 3.00. The molecule has 0 aromatic carbocycles. The van der Waals surface area contributed by atoms with Crippen LogP contribution in [0.2, 0.25) is 0 Å². The van der Waals surface area contributed by atoms with Crippen molar-refractivity contribution in [2.24, 2.45) is 5.73 Å². The SMILES string of the molecule is CCCn1cncc1C(CN)N(C)C1CCOC1C. The summed E-state index contributed by atoms with van der Waals surface area (Å²) in [6.07, 6.45) is 6.32. The van der Waals surface area contributed by atoms with Crippen molar-refractivity contribution in [3.63, 3.8) is 0 Å². The van der Waals surface area contributed by atoms with Crippen molar-refractivity contribution in [1.82, 2.24) is 14.5 Å². The monoisotopic (exact) mass is 266 g/mol. The largest absolute Gasteiger partial charge is 0.377 e. The van der Waals surface area contributed by atoms with Gasteiger partial charge in [0.25, 0.3) is 0 Å². The standard InChI is InChI=1S/C14H26N4O/c1-4-6-18-10-16-9-14(18)13(8-15)17(3)12-5-7-19-11(12)2/h9-13H,4-8,15H2,1-3H3. The van der Waals surface area contributed by atoms with Gasteiger partial charge in [-0.25, -0.2) is 4.98 Å². The highest BCUT2D eigenvalue weighted by atomic mass is 16.5. The predicted octanol–water partition coefficient (Wildman–Crippen LogP) is 1.40. The Morgan fingerprint density at radius 3 is 3.00 bits per heavy atom. The van der Waals surface area contributed by atoms with E-state index in [0.717, 1.165) is 26.0 Å². The molecule has 2 N–H and O–H groups in total. The Morgan fingerprint density at radius 1 is 1.63 bits per heavy atom. The van der Waals surface area contributed by atoms with Gasteiger partial charge in [0.05, 0.1) is 24.2 Å². The first-order valence-electron chi connectivity index (χ1n) is 7.22. The molecule has 2 rings (SSSR count). The Hall–Kier alpha value is -0.910. The molecule has 0 saturated carbocycles. The lowest BCUT2D eigenvalue weighted by Gasteiger charge is -2.34. The van der Waals surface area contributed by atoms with Gasteiger partial charge in [-0.3, -0.25) is 4.90 Å². The normalized spacial score (nSPS) is 25.1. The molecular weight excluding hydrogens is 240 g/mol. The highest BCUT2D eigenvalue weighted by Gasteiger charge is 2.32. The molecule has 5 heteroatoms. The van der Waals surface area contributed by atoms with Gasteiger partial charge in [-0.15, -0.1) is 0 Å². The van der Waals surface area contributed by atoms with Crippen LogP contribution < -0.4 is 5.73 Å². The first-order chi connectivity index (χ1) is 9.19. The average molecular weight is 266 g/mol. The van der Waals surface area contributed by atoms with Crippen molar-refractivity contribution in [2.75, 3.05) is 20.2 Å². The van der Waals surface area contributed by atoms with E-state index in [1.165, 1.54) is 5.69 Å². The molecule has 0 aliphatic carbocycles. The van der Waals surface area contributed by atoms with E-state index in [9.17, 15) is 0 Å². The van der Waals surface area contributed by atoms with Gasteiger partial charge in [0.15, 0.2) is 0 Å². The molecule has 3 unspecified atom stereocenters. The van der Waals surface area contributed by atoms with Gasteiger partial charge >= 0.3 is 0 Å². The molecule has 3 atom stereocenters. The van der Waals surface area contributed by atoms with Crippen LogP contribution in [0.1, 0.15) is 38.4 Å². The van der Waals surface area contributed by atoms with Crippen molar-refractivity contribution in [3.8, 4) is 0 Å². The first-order valence-corrected chi connectivity index (χ1v) is 7.22. The van der Waals surface area contributed by atoms with Gasteiger partial charge in [0.2, 0.25) is 0 Å². The van der Waals surface area contributed by atoms with E-state index in [0.29, 0.717) is 12.6 Å². The van der Waals surface area contributed by atoms with E-state index in [1.807, 2.05) is 12.5 Å². The minimum atomic E-state index is 0.211. The zero-order chi connectivity index (χ0) is 13.8. The minimum absolute atomic E-state index is 0.211. The minimum Gasteiger partial charge on any atom is -0.377 e. The maximum absolute atomic E-state index is 6.02. The zero-order valence-corrected chi connectivity index (χ0v) is 12.2. The van der Waals surface area contributed by atoms with Crippen molar-refractivity contribution in [2.45, 2.75) is 51.4 Å². The van der Waals surface area contributed by atoms with Crippen LogP contribution in [0.25, 0.3) is 0 Å². The molecular formula is C14H26N4O. The number of imidazole rings is 1. The Labute approximate surface area is 115 Å². The number of hydrogen-bond donors (Lipinski definition) is 1. The topological polar surface area (TPSA) is 56.3 Å². The van der Waals surface area contributed by atoms with E-state index >= 15 is 0 Å². The summed E-state index contributed by atoms with van der Waals surface area (Å²) in [4.78, 5) is 6.65. The van der Waals surface area contributed by atoms with Gasteiger partial charge < -0.3 is 15.0 Å². The van der Waals surface area contributed by atoms with Crippen LogP contribution in [-0.2, 0) is 11.3 Å². The molecule has 0 spiro atoms. The summed E-state index contributed by atoms with van der Waals surface area (Å²) in [5.74, 6) is 0. The molecule has 1 saturated heterocycles. The Kier molecular flexibility index (Phi) is 4.96. The van der Waals surface area contributed by atoms with Crippen molar-refractivity contribution in [1.29, 1.82) is 0 Å². The third kappa shape index (κ3) is 2.99. The molecule has 1 fully saturated rings. The fraction of sp³-hybridized carbons (Fsp3) is 0.786. The molecule has 1 aliphatic rings. The van der Waals surface area contributed by atoms with Crippen molar-refractivity contribution in [3.05, 3.63) is 18.2 Å². The first kappa shape index (κ1) is 14.5. The lowest BCUT2D eigenvalue weighted by Crippen LogP contribution is -2.42. The fourth-order valence-electron chi connectivity index (χ4n) is 3.02. The number of likely N-dealkylation sites (N-methyl/N-ethyl adjacent to an activating group) is 1. The molecule has 0 amide bonds. The number of ether oxygens (including phenoxy) is 1. The highest BCUT2D eigenvalue weighted by Crippen LogP contribution is 2.27. The highest BCUT2D eigenvalue weighted by molar-refractivity contribution is 5.07. The summed E-state index contributed by atoms with van der Waals surface area (Å²) in [7, 11) is 2.15. The van der Waals surface area contributed by atoms with Crippen LogP contribution in [-0.4, -0.2) is 46.8 Å². The maximum Gasteiger partial charge on any atom is 0.0948 e. The molecule has 0 bridgehead atoms. The Balaban J connectivity index is 2.16. The van der Waals surface area contributed by atoms with Crippen LogP contribution in [0.5, 0.6) is 0 Å². The van der Waals surface area contributed by atoms with Crippen molar-refractivity contribution >= 4 is 0 Å². The van der Waals surface area contributed by atoms with Gasteiger partial charge in [-0.05, 0) is 26.8 Å². The molecule has 1 aromatic rings. The second-order valence-corrected chi connectivity index (χ2v) is 5.36. The molecule has 0 radical (unpaired) electrons. The molecule has 19 heavy (non-hydrogen) atoms. The van der Waals surface area contributed by atoms with Crippen LogP contribution >= 0.6 is 0 Å². The van der Waals surface area contributed by atoms with Gasteiger partial charge in [-0.1, -0.05) is 6.92 Å². The molecule has 108 valence electrons. The van der Waals surface area contributed by atoms with Crippen LogP contribution in [0, 0.1) is 0 Å². The van der Waals surface area contributed by atoms with E-state index < -0.39 is 0 Å². The number of nitrogens with zero attached hydrogens (tertiary/aromatic N) is 3.